The van der Waals surface area contributed by atoms with Crippen LogP contribution in [0.2, 0.25) is 0 Å². The van der Waals surface area contributed by atoms with E-state index in [1.54, 1.807) is 13.8 Å². The molecule has 4 saturated carbocycles. The molecule has 2 spiro atoms. The molecule has 4 heterocycles. The molecule has 1 aromatic heterocycles. The fraction of sp³-hybridized carbons (Fsp3) is 0.743. The largest absolute Gasteiger partial charge is 0.472 e. The van der Waals surface area contributed by atoms with E-state index in [-0.39, 0.29) is 6.42 Å². The van der Waals surface area contributed by atoms with Crippen molar-refractivity contribution in [3.05, 3.63) is 24.2 Å². The van der Waals surface area contributed by atoms with Crippen LogP contribution in [0.5, 0.6) is 0 Å². The van der Waals surface area contributed by atoms with Gasteiger partial charge in [-0.05, 0) is 18.4 Å². The number of methoxy groups -OCH3 is 1. The van der Waals surface area contributed by atoms with Gasteiger partial charge in [0.25, 0.3) is 5.97 Å². The van der Waals surface area contributed by atoms with E-state index in [0.717, 1.165) is 27.9 Å². The Kier molecular flexibility index (Phi) is 7.03. The van der Waals surface area contributed by atoms with Crippen molar-refractivity contribution in [3.8, 4) is 0 Å². The first-order valence-electron chi connectivity index (χ1n) is 17.2. The number of esters is 5. The van der Waals surface area contributed by atoms with E-state index in [1.807, 2.05) is 0 Å². The summed E-state index contributed by atoms with van der Waals surface area (Å²) < 4.78 is 54.6. The van der Waals surface area contributed by atoms with Crippen LogP contribution in [0.1, 0.15) is 72.5 Å². The van der Waals surface area contributed by atoms with Gasteiger partial charge in [0.1, 0.15) is 53.9 Å². The zero-order valence-corrected chi connectivity index (χ0v) is 29.7. The average Bonchev–Trinajstić information content (AvgIpc) is 3.76. The van der Waals surface area contributed by atoms with Gasteiger partial charge in [0.05, 0.1) is 36.9 Å². The van der Waals surface area contributed by atoms with Crippen LogP contribution in [-0.4, -0.2) is 112 Å². The van der Waals surface area contributed by atoms with Crippen LogP contribution in [0.15, 0.2) is 23.0 Å². The topological polar surface area (TPSA) is 233 Å². The molecule has 8 rings (SSSR count). The summed E-state index contributed by atoms with van der Waals surface area (Å²) in [4.78, 5) is 66.0. The Morgan fingerprint density at radius 2 is 1.67 bits per heavy atom. The monoisotopic (exact) mass is 734 g/mol. The molecule has 15 atom stereocenters. The Bertz CT molecular complexity index is 1780. The number of aliphatic hydroxyl groups excluding tert-OH is 2. The summed E-state index contributed by atoms with van der Waals surface area (Å²) in [7, 11) is 1.16. The van der Waals surface area contributed by atoms with Gasteiger partial charge in [-0.15, -0.1) is 0 Å². The van der Waals surface area contributed by atoms with Crippen LogP contribution >= 0.6 is 0 Å². The minimum absolute atomic E-state index is 0.235. The number of furan rings is 1. The molecule has 4 bridgehead atoms. The highest BCUT2D eigenvalue weighted by atomic mass is 16.9. The van der Waals surface area contributed by atoms with Crippen LogP contribution in [0.4, 0.5) is 0 Å². The lowest BCUT2D eigenvalue weighted by Crippen LogP contribution is -2.98. The third-order valence-electron chi connectivity index (χ3n) is 13.8. The first kappa shape index (κ1) is 35.4. The molecule has 3 aliphatic heterocycles. The molecule has 7 fully saturated rings. The maximum Gasteiger partial charge on any atom is 0.306 e. The molecule has 284 valence electrons. The number of hydrogen-bond donors (Lipinski definition) is 3. The van der Waals surface area contributed by atoms with Crippen molar-refractivity contribution in [2.24, 2.45) is 28.1 Å². The van der Waals surface area contributed by atoms with Gasteiger partial charge in [-0.1, -0.05) is 13.8 Å². The first-order chi connectivity index (χ1) is 24.2. The Morgan fingerprint density at radius 3 is 2.27 bits per heavy atom. The minimum atomic E-state index is -2.63. The van der Waals surface area contributed by atoms with Gasteiger partial charge in [0.2, 0.25) is 0 Å². The highest BCUT2D eigenvalue weighted by molar-refractivity contribution is 5.74. The Morgan fingerprint density at radius 1 is 0.981 bits per heavy atom. The second-order valence-corrected chi connectivity index (χ2v) is 16.0. The SMILES string of the molecule is COC(=O)C[C@H]1[C@]2(C)C[C@@]34O[C@]5(C)O[C@]6([C@@H]7CC(=O)O[C@@H](c8ccoc8)[C@]7(C)[C@@H](OC(C)=O)[C@@H](O)[C@]6(O5)[C@]13COC(C)=O)[C@H](O)[C@@]4(O)[C@H]2OC(C)=O. The summed E-state index contributed by atoms with van der Waals surface area (Å²) in [6.45, 7) is 7.26. The Hall–Kier alpha value is -3.61. The summed E-state index contributed by atoms with van der Waals surface area (Å²) in [5.74, 6) is -8.77. The molecule has 0 radical (unpaired) electrons. The van der Waals surface area contributed by atoms with Crippen molar-refractivity contribution in [3.63, 3.8) is 0 Å². The molecule has 0 unspecified atom stereocenters. The number of carbonyl (C=O) groups is 5. The quantitative estimate of drug-likeness (QED) is 0.253. The zero-order chi connectivity index (χ0) is 37.8. The summed E-state index contributed by atoms with van der Waals surface area (Å²) in [6, 6.07) is 1.52. The molecule has 3 saturated heterocycles. The number of fused-ring (bicyclic) bond motifs is 3. The lowest BCUT2D eigenvalue weighted by Gasteiger charge is -2.78. The predicted octanol–water partition coefficient (Wildman–Crippen LogP) is 0.353. The molecule has 17 nitrogen and oxygen atoms in total. The van der Waals surface area contributed by atoms with Gasteiger partial charge >= 0.3 is 29.8 Å². The minimum Gasteiger partial charge on any atom is -0.472 e. The molecule has 7 aliphatic rings. The number of carbonyl (C=O) groups excluding carboxylic acids is 5. The van der Waals surface area contributed by atoms with Crippen LogP contribution in [-0.2, 0) is 61.9 Å². The first-order valence-corrected chi connectivity index (χ1v) is 17.2. The fourth-order valence-corrected chi connectivity index (χ4v) is 12.7. The lowest BCUT2D eigenvalue weighted by atomic mass is 9.32. The van der Waals surface area contributed by atoms with Crippen molar-refractivity contribution in [1.29, 1.82) is 0 Å². The van der Waals surface area contributed by atoms with E-state index in [0.29, 0.717) is 5.56 Å². The molecular formula is C35H42O17. The fourth-order valence-electron chi connectivity index (χ4n) is 12.7. The maximum absolute atomic E-state index is 13.8. The van der Waals surface area contributed by atoms with Crippen molar-refractivity contribution in [2.45, 2.75) is 120 Å². The van der Waals surface area contributed by atoms with E-state index in [1.165, 1.54) is 25.5 Å². The number of cyclic esters (lactones) is 1. The molecule has 3 N–H and O–H groups in total. The van der Waals surface area contributed by atoms with Gasteiger partial charge in [-0.2, -0.15) is 0 Å². The van der Waals surface area contributed by atoms with E-state index >= 15 is 0 Å². The molecule has 0 amide bonds. The molecule has 4 aliphatic carbocycles. The number of hydrogen-bond acceptors (Lipinski definition) is 17. The smallest absolute Gasteiger partial charge is 0.306 e. The van der Waals surface area contributed by atoms with E-state index in [4.69, 9.17) is 42.3 Å². The molecule has 17 heteroatoms. The standard InChI is InChI=1S/C35H42O17/c1-15(36)46-14-31-19(10-21(39)44-7)28(4)13-32(31)33(43,27(28)48-17(3)38)26(42)34-20-11-22(40)49-24(18-8-9-45-12-18)29(20,5)25(47-16(2)37)23(41)35(31,34)52-30(6,50-32)51-34/h8-9,12,19-20,23-27,41-43H,10-11,13-14H2,1-7H3/t19-,20+,23+,24-,25-,26+,27-,28-,29+,30+,31+,32+,33+,34+,35-/m0/s1. The highest BCUT2D eigenvalue weighted by Gasteiger charge is 3.06. The third-order valence-corrected chi connectivity index (χ3v) is 13.8. The number of aliphatic hydroxyl groups is 3. The van der Waals surface area contributed by atoms with Crippen molar-refractivity contribution in [2.75, 3.05) is 13.7 Å². The van der Waals surface area contributed by atoms with Crippen LogP contribution in [0.25, 0.3) is 0 Å². The normalized spacial score (nSPS) is 51.6. The van der Waals surface area contributed by atoms with Crippen molar-refractivity contribution >= 4 is 29.8 Å². The zero-order valence-electron chi connectivity index (χ0n) is 29.7. The second kappa shape index (κ2) is 10.3. The van der Waals surface area contributed by atoms with Gasteiger partial charge in [0.15, 0.2) is 5.60 Å². The molecular weight excluding hydrogens is 692 g/mol. The number of ether oxygens (including phenoxy) is 8. The number of rotatable bonds is 7. The van der Waals surface area contributed by atoms with E-state index in [9.17, 15) is 39.3 Å². The average molecular weight is 735 g/mol. The molecule has 0 aromatic carbocycles. The summed E-state index contributed by atoms with van der Waals surface area (Å²) in [6.07, 6.45) is -7.33. The Balaban J connectivity index is 1.52. The molecule has 1 aromatic rings. The van der Waals surface area contributed by atoms with Gasteiger partial charge in [-0.3, -0.25) is 24.0 Å². The predicted molar refractivity (Wildman–Crippen MR) is 164 cm³/mol. The highest BCUT2D eigenvalue weighted by Crippen LogP contribution is 2.89. The Labute approximate surface area is 297 Å². The van der Waals surface area contributed by atoms with E-state index in [2.05, 4.69) is 0 Å². The van der Waals surface area contributed by atoms with Crippen LogP contribution in [0, 0.1) is 28.1 Å². The van der Waals surface area contributed by atoms with Gasteiger partial charge in [0, 0.05) is 51.0 Å². The van der Waals surface area contributed by atoms with Gasteiger partial charge in [-0.25, -0.2) is 0 Å². The lowest BCUT2D eigenvalue weighted by molar-refractivity contribution is -0.497. The summed E-state index contributed by atoms with van der Waals surface area (Å²) >= 11 is 0. The molecule has 52 heavy (non-hydrogen) atoms. The van der Waals surface area contributed by atoms with Crippen LogP contribution < -0.4 is 0 Å². The summed E-state index contributed by atoms with van der Waals surface area (Å²) in [5.41, 5.74) is -14.5. The summed E-state index contributed by atoms with van der Waals surface area (Å²) in [5, 5.41) is 39.9. The van der Waals surface area contributed by atoms with Crippen molar-refractivity contribution < 1.29 is 81.6 Å². The van der Waals surface area contributed by atoms with E-state index < -0.39 is 136 Å². The van der Waals surface area contributed by atoms with Crippen LogP contribution in [0.3, 0.4) is 0 Å². The third kappa shape index (κ3) is 3.49. The second-order valence-electron chi connectivity index (χ2n) is 16.0. The van der Waals surface area contributed by atoms with Gasteiger partial charge < -0.3 is 57.6 Å². The maximum atomic E-state index is 13.8. The van der Waals surface area contributed by atoms with Crippen molar-refractivity contribution in [1.82, 2.24) is 0 Å².